The van der Waals surface area contributed by atoms with Gasteiger partial charge in [0, 0.05) is 47.1 Å². The number of benzene rings is 1. The van der Waals surface area contributed by atoms with Crippen molar-refractivity contribution in [3.8, 4) is 0 Å². The molecule has 0 aliphatic carbocycles. The highest BCUT2D eigenvalue weighted by atomic mass is 16.6. The number of nitrogens with zero attached hydrogens (tertiary/aromatic N) is 3. The first-order valence-electron chi connectivity index (χ1n) is 10.3. The van der Waals surface area contributed by atoms with Gasteiger partial charge in [-0.2, -0.15) is 0 Å². The lowest BCUT2D eigenvalue weighted by molar-refractivity contribution is 0.0229. The highest BCUT2D eigenvalue weighted by Crippen LogP contribution is 2.51. The average molecular weight is 407 g/mol. The molecule has 1 aliphatic heterocycles. The molecule has 0 amide bonds. The van der Waals surface area contributed by atoms with Gasteiger partial charge in [0.2, 0.25) is 5.60 Å². The molecule has 4 aromatic heterocycles. The van der Waals surface area contributed by atoms with Crippen LogP contribution in [0.4, 0.5) is 0 Å². The van der Waals surface area contributed by atoms with E-state index in [9.17, 15) is 4.79 Å². The van der Waals surface area contributed by atoms with Crippen LogP contribution in [-0.2, 0) is 17.4 Å². The van der Waals surface area contributed by atoms with Crippen molar-refractivity contribution in [2.45, 2.75) is 19.4 Å². The lowest BCUT2D eigenvalue weighted by atomic mass is 9.83. The van der Waals surface area contributed by atoms with E-state index in [0.29, 0.717) is 11.3 Å². The Balaban J connectivity index is 1.86. The molecule has 5 heterocycles. The lowest BCUT2D eigenvalue weighted by Crippen LogP contribution is -2.33. The SMILES string of the molecule is Cc1cc2ccccn2c1C1(c2c(C)n(C)c3ccccc23)OC(=O)c2cccnc21. The summed E-state index contributed by atoms with van der Waals surface area (Å²) in [6.45, 7) is 4.15. The molecule has 5 heteroatoms. The summed E-state index contributed by atoms with van der Waals surface area (Å²) in [7, 11) is 2.05. The smallest absolute Gasteiger partial charge is 0.341 e. The minimum Gasteiger partial charge on any atom is -0.437 e. The quantitative estimate of drug-likeness (QED) is 0.391. The molecule has 31 heavy (non-hydrogen) atoms. The molecule has 0 spiro atoms. The minimum atomic E-state index is -1.14. The zero-order valence-electron chi connectivity index (χ0n) is 17.6. The van der Waals surface area contributed by atoms with Crippen LogP contribution in [0.3, 0.4) is 0 Å². The average Bonchev–Trinajstić information content (AvgIpc) is 3.37. The fourth-order valence-corrected chi connectivity index (χ4v) is 5.21. The maximum absolute atomic E-state index is 13.2. The van der Waals surface area contributed by atoms with Crippen LogP contribution < -0.4 is 0 Å². The fraction of sp³-hybridized carbons (Fsp3) is 0.154. The van der Waals surface area contributed by atoms with Crippen LogP contribution in [0.1, 0.15) is 38.6 Å². The van der Waals surface area contributed by atoms with Gasteiger partial charge in [0.25, 0.3) is 0 Å². The summed E-state index contributed by atoms with van der Waals surface area (Å²) in [4.78, 5) is 17.9. The van der Waals surface area contributed by atoms with Crippen LogP contribution in [0.5, 0.6) is 0 Å². The number of pyridine rings is 2. The molecule has 6 rings (SSSR count). The first-order valence-corrected chi connectivity index (χ1v) is 10.3. The molecular formula is C26H21N3O2. The molecule has 1 atom stereocenters. The summed E-state index contributed by atoms with van der Waals surface area (Å²) in [6, 6.07) is 20.0. The van der Waals surface area contributed by atoms with Gasteiger partial charge in [-0.1, -0.05) is 24.3 Å². The van der Waals surface area contributed by atoms with Crippen molar-refractivity contribution in [2.75, 3.05) is 0 Å². The number of hydrogen-bond donors (Lipinski definition) is 0. The molecule has 0 N–H and O–H groups in total. The number of cyclic esters (lactones) is 1. The fourth-order valence-electron chi connectivity index (χ4n) is 5.21. The number of fused-ring (bicyclic) bond motifs is 3. The molecule has 1 unspecified atom stereocenters. The van der Waals surface area contributed by atoms with Crippen molar-refractivity contribution < 1.29 is 9.53 Å². The largest absolute Gasteiger partial charge is 0.437 e. The number of rotatable bonds is 2. The van der Waals surface area contributed by atoms with Crippen molar-refractivity contribution >= 4 is 22.4 Å². The summed E-state index contributed by atoms with van der Waals surface area (Å²) in [5, 5.41) is 1.05. The maximum atomic E-state index is 13.2. The van der Waals surface area contributed by atoms with Gasteiger partial charge in [-0.25, -0.2) is 4.79 Å². The molecule has 0 radical (unpaired) electrons. The number of hydrogen-bond acceptors (Lipinski definition) is 3. The predicted molar refractivity (Wildman–Crippen MR) is 119 cm³/mol. The van der Waals surface area contributed by atoms with Gasteiger partial charge in [0.15, 0.2) is 0 Å². The Kier molecular flexibility index (Phi) is 3.52. The van der Waals surface area contributed by atoms with Crippen LogP contribution >= 0.6 is 0 Å². The first-order chi connectivity index (χ1) is 15.0. The second kappa shape index (κ2) is 6.08. The maximum Gasteiger partial charge on any atom is 0.341 e. The van der Waals surface area contributed by atoms with Crippen molar-refractivity contribution in [3.63, 3.8) is 0 Å². The van der Waals surface area contributed by atoms with Gasteiger partial charge in [0.05, 0.1) is 11.3 Å². The minimum absolute atomic E-state index is 0.347. The van der Waals surface area contributed by atoms with Gasteiger partial charge >= 0.3 is 5.97 Å². The van der Waals surface area contributed by atoms with E-state index in [1.54, 1.807) is 18.3 Å². The lowest BCUT2D eigenvalue weighted by Gasteiger charge is -2.30. The molecule has 5 nitrogen and oxygen atoms in total. The van der Waals surface area contributed by atoms with E-state index in [1.807, 2.05) is 37.5 Å². The van der Waals surface area contributed by atoms with E-state index in [1.165, 1.54) is 0 Å². The predicted octanol–water partition coefficient (Wildman–Crippen LogP) is 4.91. The topological polar surface area (TPSA) is 48.5 Å². The van der Waals surface area contributed by atoms with Gasteiger partial charge in [-0.15, -0.1) is 0 Å². The van der Waals surface area contributed by atoms with E-state index in [2.05, 4.69) is 47.1 Å². The van der Waals surface area contributed by atoms with Crippen molar-refractivity contribution in [2.24, 2.45) is 7.05 Å². The number of aromatic nitrogens is 3. The van der Waals surface area contributed by atoms with Gasteiger partial charge in [0.1, 0.15) is 5.69 Å². The third-order valence-corrected chi connectivity index (χ3v) is 6.56. The Morgan fingerprint density at radius 1 is 1.00 bits per heavy atom. The number of para-hydroxylation sites is 1. The monoisotopic (exact) mass is 407 g/mol. The van der Waals surface area contributed by atoms with Crippen molar-refractivity contribution in [3.05, 3.63) is 107 Å². The molecular weight excluding hydrogens is 386 g/mol. The second-order valence-electron chi connectivity index (χ2n) is 8.18. The summed E-state index contributed by atoms with van der Waals surface area (Å²) < 4.78 is 10.7. The van der Waals surface area contributed by atoms with E-state index in [4.69, 9.17) is 9.72 Å². The molecule has 152 valence electrons. The molecule has 0 saturated carbocycles. The van der Waals surface area contributed by atoms with Crippen LogP contribution in [0, 0.1) is 13.8 Å². The summed E-state index contributed by atoms with van der Waals surface area (Å²) in [5.74, 6) is -0.347. The van der Waals surface area contributed by atoms with E-state index in [0.717, 1.165) is 38.9 Å². The third-order valence-electron chi connectivity index (χ3n) is 6.56. The van der Waals surface area contributed by atoms with E-state index in [-0.39, 0.29) is 5.97 Å². The van der Waals surface area contributed by atoms with E-state index < -0.39 is 5.60 Å². The van der Waals surface area contributed by atoms with E-state index >= 15 is 0 Å². The van der Waals surface area contributed by atoms with Crippen LogP contribution in [0.2, 0.25) is 0 Å². The zero-order chi connectivity index (χ0) is 21.3. The van der Waals surface area contributed by atoms with Crippen LogP contribution in [-0.4, -0.2) is 19.9 Å². The molecule has 1 aromatic carbocycles. The number of aryl methyl sites for hydroxylation is 2. The number of carbonyl (C=O) groups excluding carboxylic acids is 1. The summed E-state index contributed by atoms with van der Waals surface area (Å²) in [6.07, 6.45) is 3.76. The van der Waals surface area contributed by atoms with Gasteiger partial charge in [-0.3, -0.25) is 4.98 Å². The first kappa shape index (κ1) is 18.0. The molecule has 5 aromatic rings. The Bertz CT molecular complexity index is 1520. The summed E-state index contributed by atoms with van der Waals surface area (Å²) in [5.41, 5.74) is 6.11. The van der Waals surface area contributed by atoms with Gasteiger partial charge in [-0.05, 0) is 55.8 Å². The Hall–Kier alpha value is -3.86. The van der Waals surface area contributed by atoms with Crippen molar-refractivity contribution in [1.82, 2.24) is 14.0 Å². The third kappa shape index (κ3) is 2.15. The Labute approximate surface area is 179 Å². The molecule has 0 saturated heterocycles. The number of esters is 1. The summed E-state index contributed by atoms with van der Waals surface area (Å²) >= 11 is 0. The molecule has 0 fully saturated rings. The number of ether oxygens (including phenoxy) is 1. The highest BCUT2D eigenvalue weighted by molar-refractivity contribution is 5.98. The van der Waals surface area contributed by atoms with Gasteiger partial charge < -0.3 is 13.7 Å². The Morgan fingerprint density at radius 2 is 1.81 bits per heavy atom. The standard InChI is InChI=1S/C26H21N3O2/c1-16-15-18-9-6-7-14-29(18)24(16)26(23-20(25(30)31-26)11-8-13-27-23)22-17(2)28(3)21-12-5-4-10-19(21)22/h4-15H,1-3H3. The molecule has 0 bridgehead atoms. The van der Waals surface area contributed by atoms with Crippen molar-refractivity contribution in [1.29, 1.82) is 0 Å². The van der Waals surface area contributed by atoms with Crippen LogP contribution in [0.15, 0.2) is 73.1 Å². The highest BCUT2D eigenvalue weighted by Gasteiger charge is 2.54. The normalized spacial score (nSPS) is 18.0. The molecule has 1 aliphatic rings. The van der Waals surface area contributed by atoms with Crippen LogP contribution in [0.25, 0.3) is 16.4 Å². The Morgan fingerprint density at radius 3 is 2.68 bits per heavy atom. The number of carbonyl (C=O) groups is 1. The zero-order valence-corrected chi connectivity index (χ0v) is 17.6. The second-order valence-corrected chi connectivity index (χ2v) is 8.18.